The normalized spacial score (nSPS) is 20.7. The van der Waals surface area contributed by atoms with E-state index in [1.165, 1.54) is 22.6 Å². The molecule has 132 valence electrons. The standard InChI is InChI=1S/C18H26N2O3S/c1-3-23-18(22)16-13-7-6-12(2)10-14(13)24-17(16)19-15(21)11-20-8-4-5-9-20/h12H,3-11H2,1-2H3,(H,19,21)/p+1/t12-/m0/s1. The molecule has 24 heavy (non-hydrogen) atoms. The van der Waals surface area contributed by atoms with Crippen molar-refractivity contribution >= 4 is 28.2 Å². The zero-order chi connectivity index (χ0) is 17.1. The fraction of sp³-hybridized carbons (Fsp3) is 0.667. The van der Waals surface area contributed by atoms with Gasteiger partial charge >= 0.3 is 5.97 Å². The number of carbonyl (C=O) groups excluding carboxylic acids is 2. The summed E-state index contributed by atoms with van der Waals surface area (Å²) in [6.45, 7) is 7.02. The van der Waals surface area contributed by atoms with E-state index >= 15 is 0 Å². The zero-order valence-corrected chi connectivity index (χ0v) is 15.4. The molecule has 1 saturated heterocycles. The van der Waals surface area contributed by atoms with Crippen LogP contribution in [0.3, 0.4) is 0 Å². The van der Waals surface area contributed by atoms with E-state index in [1.54, 1.807) is 11.3 Å². The molecule has 5 nitrogen and oxygen atoms in total. The summed E-state index contributed by atoms with van der Waals surface area (Å²) in [4.78, 5) is 27.4. The first kappa shape index (κ1) is 17.4. The third-order valence-electron chi connectivity index (χ3n) is 4.97. The van der Waals surface area contributed by atoms with Crippen LogP contribution in [0.15, 0.2) is 0 Å². The number of rotatable bonds is 5. The maximum atomic E-state index is 12.4. The van der Waals surface area contributed by atoms with Gasteiger partial charge < -0.3 is 15.0 Å². The number of likely N-dealkylation sites (tertiary alicyclic amines) is 1. The van der Waals surface area contributed by atoms with Crippen LogP contribution < -0.4 is 10.2 Å². The molecule has 0 spiro atoms. The molecule has 2 heterocycles. The molecule has 1 amide bonds. The van der Waals surface area contributed by atoms with E-state index in [4.69, 9.17) is 4.74 Å². The summed E-state index contributed by atoms with van der Waals surface area (Å²) >= 11 is 1.56. The van der Waals surface area contributed by atoms with Crippen LogP contribution in [0.5, 0.6) is 0 Å². The fourth-order valence-corrected chi connectivity index (χ4v) is 5.12. The first-order valence-electron chi connectivity index (χ1n) is 9.03. The predicted molar refractivity (Wildman–Crippen MR) is 94.9 cm³/mol. The van der Waals surface area contributed by atoms with E-state index in [1.807, 2.05) is 6.92 Å². The predicted octanol–water partition coefficient (Wildman–Crippen LogP) is 1.67. The van der Waals surface area contributed by atoms with Crippen molar-refractivity contribution in [2.24, 2.45) is 5.92 Å². The maximum Gasteiger partial charge on any atom is 0.341 e. The van der Waals surface area contributed by atoms with Gasteiger partial charge in [0.1, 0.15) is 5.00 Å². The van der Waals surface area contributed by atoms with Crippen LogP contribution in [0, 0.1) is 5.92 Å². The molecule has 0 unspecified atom stereocenters. The highest BCUT2D eigenvalue weighted by molar-refractivity contribution is 7.17. The molecule has 0 radical (unpaired) electrons. The number of thiophene rings is 1. The minimum absolute atomic E-state index is 0.00379. The van der Waals surface area contributed by atoms with Crippen molar-refractivity contribution in [3.63, 3.8) is 0 Å². The molecule has 0 aromatic carbocycles. The SMILES string of the molecule is CCOC(=O)c1c(NC(=O)C[NH+]2CCCC2)sc2c1CC[C@H](C)C2. The van der Waals surface area contributed by atoms with Crippen LogP contribution in [-0.2, 0) is 22.4 Å². The smallest absolute Gasteiger partial charge is 0.341 e. The third kappa shape index (κ3) is 3.81. The summed E-state index contributed by atoms with van der Waals surface area (Å²) in [6.07, 6.45) is 5.36. The number of ether oxygens (including phenoxy) is 1. The Labute approximate surface area is 147 Å². The van der Waals surface area contributed by atoms with Gasteiger partial charge in [-0.2, -0.15) is 0 Å². The van der Waals surface area contributed by atoms with Crippen molar-refractivity contribution in [1.29, 1.82) is 0 Å². The Morgan fingerprint density at radius 2 is 2.08 bits per heavy atom. The van der Waals surface area contributed by atoms with E-state index in [-0.39, 0.29) is 11.9 Å². The van der Waals surface area contributed by atoms with Crippen molar-refractivity contribution < 1.29 is 19.2 Å². The monoisotopic (exact) mass is 351 g/mol. The Morgan fingerprint density at radius 3 is 2.79 bits per heavy atom. The Hall–Kier alpha value is -1.40. The van der Waals surface area contributed by atoms with Crippen molar-refractivity contribution in [3.8, 4) is 0 Å². The Morgan fingerprint density at radius 1 is 1.33 bits per heavy atom. The van der Waals surface area contributed by atoms with Crippen molar-refractivity contribution in [2.45, 2.75) is 46.0 Å². The summed E-state index contributed by atoms with van der Waals surface area (Å²) in [7, 11) is 0. The van der Waals surface area contributed by atoms with Gasteiger partial charge in [-0.1, -0.05) is 6.92 Å². The number of quaternary nitrogens is 1. The number of esters is 1. The van der Waals surface area contributed by atoms with Gasteiger partial charge in [0.05, 0.1) is 25.3 Å². The van der Waals surface area contributed by atoms with Crippen LogP contribution >= 0.6 is 11.3 Å². The quantitative estimate of drug-likeness (QED) is 0.794. The first-order chi connectivity index (χ1) is 11.6. The molecule has 2 N–H and O–H groups in total. The Kier molecular flexibility index (Phi) is 5.56. The number of nitrogens with one attached hydrogen (secondary N) is 2. The van der Waals surface area contributed by atoms with Gasteiger partial charge in [0.2, 0.25) is 0 Å². The molecule has 3 rings (SSSR count). The highest BCUT2D eigenvalue weighted by Gasteiger charge is 2.29. The third-order valence-corrected chi connectivity index (χ3v) is 6.14. The number of hydrogen-bond acceptors (Lipinski definition) is 4. The number of amides is 1. The van der Waals surface area contributed by atoms with E-state index in [0.717, 1.165) is 37.9 Å². The lowest BCUT2D eigenvalue weighted by atomic mass is 9.88. The number of anilines is 1. The topological polar surface area (TPSA) is 59.8 Å². The maximum absolute atomic E-state index is 12.4. The van der Waals surface area contributed by atoms with Crippen LogP contribution in [0.4, 0.5) is 5.00 Å². The fourth-order valence-electron chi connectivity index (χ4n) is 3.71. The minimum atomic E-state index is -0.298. The number of carbonyl (C=O) groups is 2. The minimum Gasteiger partial charge on any atom is -0.462 e. The lowest BCUT2D eigenvalue weighted by Crippen LogP contribution is -3.11. The lowest BCUT2D eigenvalue weighted by Gasteiger charge is -2.18. The molecule has 1 aliphatic heterocycles. The largest absolute Gasteiger partial charge is 0.462 e. The van der Waals surface area contributed by atoms with Gasteiger partial charge in [-0.25, -0.2) is 4.79 Å². The van der Waals surface area contributed by atoms with E-state index in [2.05, 4.69) is 12.2 Å². The van der Waals surface area contributed by atoms with Crippen LogP contribution in [0.1, 0.15) is 53.9 Å². The van der Waals surface area contributed by atoms with E-state index in [9.17, 15) is 9.59 Å². The molecule has 1 aromatic heterocycles. The first-order valence-corrected chi connectivity index (χ1v) is 9.85. The summed E-state index contributed by atoms with van der Waals surface area (Å²) in [5.74, 6) is 0.334. The van der Waals surface area contributed by atoms with Gasteiger partial charge in [0.15, 0.2) is 6.54 Å². The summed E-state index contributed by atoms with van der Waals surface area (Å²) in [5, 5.41) is 3.70. The van der Waals surface area contributed by atoms with Gasteiger partial charge in [-0.3, -0.25) is 4.79 Å². The van der Waals surface area contributed by atoms with Gasteiger partial charge in [-0.15, -0.1) is 11.3 Å². The Balaban J connectivity index is 1.80. The van der Waals surface area contributed by atoms with Crippen molar-refractivity contribution in [2.75, 3.05) is 31.6 Å². The van der Waals surface area contributed by atoms with Gasteiger partial charge in [0, 0.05) is 17.7 Å². The van der Waals surface area contributed by atoms with Gasteiger partial charge in [-0.05, 0) is 37.7 Å². The molecule has 0 bridgehead atoms. The number of hydrogen-bond donors (Lipinski definition) is 2. The van der Waals surface area contributed by atoms with E-state index < -0.39 is 0 Å². The summed E-state index contributed by atoms with van der Waals surface area (Å²) < 4.78 is 5.25. The van der Waals surface area contributed by atoms with Crippen LogP contribution in [0.2, 0.25) is 0 Å². The zero-order valence-electron chi connectivity index (χ0n) is 14.6. The Bertz CT molecular complexity index is 620. The lowest BCUT2D eigenvalue weighted by molar-refractivity contribution is -0.878. The van der Waals surface area contributed by atoms with Crippen molar-refractivity contribution in [1.82, 2.24) is 0 Å². The number of fused-ring (bicyclic) bond motifs is 1. The second-order valence-corrected chi connectivity index (χ2v) is 8.06. The van der Waals surface area contributed by atoms with E-state index in [0.29, 0.717) is 29.6 Å². The molecule has 1 atom stereocenters. The van der Waals surface area contributed by atoms with Crippen LogP contribution in [-0.4, -0.2) is 38.1 Å². The second-order valence-electron chi connectivity index (χ2n) is 6.96. The summed E-state index contributed by atoms with van der Waals surface area (Å²) in [5.41, 5.74) is 1.70. The molecular weight excluding hydrogens is 324 g/mol. The second kappa shape index (κ2) is 7.66. The average molecular weight is 351 g/mol. The molecule has 0 saturated carbocycles. The highest BCUT2D eigenvalue weighted by atomic mass is 32.1. The highest BCUT2D eigenvalue weighted by Crippen LogP contribution is 2.40. The molecule has 1 aromatic rings. The van der Waals surface area contributed by atoms with Crippen LogP contribution in [0.25, 0.3) is 0 Å². The molecule has 1 fully saturated rings. The average Bonchev–Trinajstić information content (AvgIpc) is 3.14. The molecule has 2 aliphatic rings. The molecular formula is C18H27N2O3S+. The molecule has 1 aliphatic carbocycles. The summed E-state index contributed by atoms with van der Waals surface area (Å²) in [6, 6.07) is 0. The van der Waals surface area contributed by atoms with Gasteiger partial charge in [0.25, 0.3) is 5.91 Å². The molecule has 6 heteroatoms. The van der Waals surface area contributed by atoms with Crippen molar-refractivity contribution in [3.05, 3.63) is 16.0 Å².